The number of sulfonamides is 1. The summed E-state index contributed by atoms with van der Waals surface area (Å²) in [5.41, 5.74) is 0. The number of likely N-dealkylation sites (N-methyl/N-ethyl adjacent to an activating group) is 1. The van der Waals surface area contributed by atoms with E-state index in [-0.39, 0.29) is 4.90 Å². The van der Waals surface area contributed by atoms with Gasteiger partial charge in [0.1, 0.15) is 28.6 Å². The summed E-state index contributed by atoms with van der Waals surface area (Å²) in [4.78, 5) is 15.8. The minimum Gasteiger partial charge on any atom is -0.492 e. The van der Waals surface area contributed by atoms with Crippen molar-refractivity contribution in [3.05, 3.63) is 35.1 Å². The Balaban J connectivity index is 1.46. The largest absolute Gasteiger partial charge is 0.492 e. The number of anilines is 2. The van der Waals surface area contributed by atoms with Crippen LogP contribution >= 0.6 is 15.9 Å². The van der Waals surface area contributed by atoms with E-state index in [0.29, 0.717) is 43.0 Å². The summed E-state index contributed by atoms with van der Waals surface area (Å²) < 4.78 is 34.5. The Bertz CT molecular complexity index is 1040. The normalized spacial score (nSPS) is 18.7. The second kappa shape index (κ2) is 9.90. The molecule has 0 N–H and O–H groups in total. The minimum absolute atomic E-state index is 0.196. The highest BCUT2D eigenvalue weighted by Crippen LogP contribution is 2.31. The van der Waals surface area contributed by atoms with Crippen molar-refractivity contribution in [2.75, 3.05) is 75.8 Å². The quantitative estimate of drug-likeness (QED) is 0.566. The van der Waals surface area contributed by atoms with Crippen molar-refractivity contribution in [1.82, 2.24) is 19.2 Å². The first-order valence-corrected chi connectivity index (χ1v) is 13.0. The summed E-state index contributed by atoms with van der Waals surface area (Å²) in [6, 6.07) is 7.10. The third-order valence-electron chi connectivity index (χ3n) is 5.85. The molecule has 9 nitrogen and oxygen atoms in total. The predicted octanol–water partition coefficient (Wildman–Crippen LogP) is 1.90. The number of ether oxygens (including phenoxy) is 1. The Morgan fingerprint density at radius 2 is 1.53 bits per heavy atom. The molecule has 3 heterocycles. The van der Waals surface area contributed by atoms with Gasteiger partial charge in [0.25, 0.3) is 0 Å². The zero-order chi connectivity index (χ0) is 22.7. The van der Waals surface area contributed by atoms with Crippen LogP contribution in [0.15, 0.2) is 40.0 Å². The Morgan fingerprint density at radius 3 is 2.12 bits per heavy atom. The average Bonchev–Trinajstić information content (AvgIpc) is 2.81. The number of hydrogen-bond donors (Lipinski definition) is 0. The molecule has 2 aliphatic heterocycles. The molecule has 0 saturated carbocycles. The van der Waals surface area contributed by atoms with Gasteiger partial charge in [-0.05, 0) is 32.2 Å². The van der Waals surface area contributed by atoms with Crippen LogP contribution in [0.1, 0.15) is 6.92 Å². The summed E-state index contributed by atoms with van der Waals surface area (Å²) in [5, 5.41) is 0. The molecule has 174 valence electrons. The topological polar surface area (TPSA) is 82.1 Å². The third-order valence-corrected chi connectivity index (χ3v) is 8.26. The number of halogens is 1. The molecule has 0 unspecified atom stereocenters. The molecular formula is C21H29BrN6O3S. The maximum absolute atomic E-state index is 13.3. The lowest BCUT2D eigenvalue weighted by Gasteiger charge is -2.36. The summed E-state index contributed by atoms with van der Waals surface area (Å²) in [6.45, 7) is 8.04. The van der Waals surface area contributed by atoms with Gasteiger partial charge >= 0.3 is 0 Å². The van der Waals surface area contributed by atoms with Crippen LogP contribution in [0.3, 0.4) is 0 Å². The summed E-state index contributed by atoms with van der Waals surface area (Å²) in [6.07, 6.45) is 1.60. The maximum atomic E-state index is 13.3. The lowest BCUT2D eigenvalue weighted by molar-refractivity contribution is 0.312. The SMILES string of the molecule is CCOc1ccc(Br)cc1S(=O)(=O)N1CCN(c2cc(N3CCN(C)CC3)ncn2)CC1. The number of benzene rings is 1. The van der Waals surface area contributed by atoms with Crippen molar-refractivity contribution in [3.63, 3.8) is 0 Å². The van der Waals surface area contributed by atoms with Crippen LogP contribution in [0, 0.1) is 0 Å². The van der Waals surface area contributed by atoms with Gasteiger partial charge in [-0.1, -0.05) is 15.9 Å². The Hall–Kier alpha value is -1.95. The van der Waals surface area contributed by atoms with Crippen LogP contribution in [0.5, 0.6) is 5.75 Å². The molecule has 0 aliphatic carbocycles. The van der Waals surface area contributed by atoms with E-state index < -0.39 is 10.0 Å². The van der Waals surface area contributed by atoms with Crippen molar-refractivity contribution in [2.45, 2.75) is 11.8 Å². The van der Waals surface area contributed by atoms with Gasteiger partial charge in [0.2, 0.25) is 10.0 Å². The maximum Gasteiger partial charge on any atom is 0.246 e. The van der Waals surface area contributed by atoms with E-state index in [1.165, 1.54) is 4.31 Å². The van der Waals surface area contributed by atoms with Gasteiger partial charge in [-0.25, -0.2) is 18.4 Å². The monoisotopic (exact) mass is 524 g/mol. The Labute approximate surface area is 198 Å². The van der Waals surface area contributed by atoms with Crippen LogP contribution in [-0.2, 0) is 10.0 Å². The average molecular weight is 525 g/mol. The number of aromatic nitrogens is 2. The molecule has 4 rings (SSSR count). The first-order valence-electron chi connectivity index (χ1n) is 10.8. The minimum atomic E-state index is -3.67. The lowest BCUT2D eigenvalue weighted by Crippen LogP contribution is -2.49. The lowest BCUT2D eigenvalue weighted by atomic mass is 10.3. The van der Waals surface area contributed by atoms with Crippen LogP contribution in [0.2, 0.25) is 0 Å². The van der Waals surface area contributed by atoms with E-state index in [9.17, 15) is 8.42 Å². The molecular weight excluding hydrogens is 496 g/mol. The second-order valence-electron chi connectivity index (χ2n) is 7.94. The first kappa shape index (κ1) is 23.2. The highest BCUT2D eigenvalue weighted by Gasteiger charge is 2.31. The van der Waals surface area contributed by atoms with Gasteiger partial charge < -0.3 is 19.4 Å². The van der Waals surface area contributed by atoms with E-state index in [1.54, 1.807) is 24.5 Å². The van der Waals surface area contributed by atoms with E-state index in [4.69, 9.17) is 4.74 Å². The van der Waals surface area contributed by atoms with Crippen molar-refractivity contribution >= 4 is 37.6 Å². The van der Waals surface area contributed by atoms with E-state index in [2.05, 4.69) is 47.6 Å². The molecule has 0 amide bonds. The molecule has 0 atom stereocenters. The fourth-order valence-corrected chi connectivity index (χ4v) is 6.07. The van der Waals surface area contributed by atoms with Gasteiger partial charge in [0, 0.05) is 62.9 Å². The summed E-state index contributed by atoms with van der Waals surface area (Å²) in [7, 11) is -1.54. The number of piperazine rings is 2. The molecule has 32 heavy (non-hydrogen) atoms. The predicted molar refractivity (Wildman–Crippen MR) is 128 cm³/mol. The number of hydrogen-bond acceptors (Lipinski definition) is 8. The fourth-order valence-electron chi connectivity index (χ4n) is 3.97. The van der Waals surface area contributed by atoms with E-state index in [0.717, 1.165) is 37.8 Å². The fraction of sp³-hybridized carbons (Fsp3) is 0.524. The van der Waals surface area contributed by atoms with Crippen molar-refractivity contribution in [1.29, 1.82) is 0 Å². The van der Waals surface area contributed by atoms with Gasteiger partial charge in [0.05, 0.1) is 6.61 Å². The van der Waals surface area contributed by atoms with Gasteiger partial charge in [-0.2, -0.15) is 4.31 Å². The molecule has 2 aromatic rings. The number of rotatable bonds is 6. The van der Waals surface area contributed by atoms with Gasteiger partial charge in [-0.3, -0.25) is 0 Å². The number of nitrogens with zero attached hydrogens (tertiary/aromatic N) is 6. The highest BCUT2D eigenvalue weighted by molar-refractivity contribution is 9.10. The smallest absolute Gasteiger partial charge is 0.246 e. The molecule has 0 radical (unpaired) electrons. The molecule has 0 spiro atoms. The molecule has 1 aromatic carbocycles. The standard InChI is InChI=1S/C21H29BrN6O3S/c1-3-31-18-5-4-17(22)14-19(18)32(29,30)28-12-10-27(11-13-28)21-15-20(23-16-24-21)26-8-6-25(2)7-9-26/h4-5,14-16H,3,6-13H2,1-2H3. The zero-order valence-corrected chi connectivity index (χ0v) is 20.8. The van der Waals surface area contributed by atoms with Crippen LogP contribution in [0.25, 0.3) is 0 Å². The zero-order valence-electron chi connectivity index (χ0n) is 18.4. The van der Waals surface area contributed by atoms with Crippen molar-refractivity contribution in [3.8, 4) is 5.75 Å². The second-order valence-corrected chi connectivity index (χ2v) is 10.8. The third kappa shape index (κ3) is 5.00. The molecule has 11 heteroatoms. The molecule has 2 aliphatic rings. The van der Waals surface area contributed by atoms with Gasteiger partial charge in [-0.15, -0.1) is 0 Å². The van der Waals surface area contributed by atoms with E-state index in [1.807, 2.05) is 13.0 Å². The molecule has 2 fully saturated rings. The highest BCUT2D eigenvalue weighted by atomic mass is 79.9. The molecule has 1 aromatic heterocycles. The molecule has 2 saturated heterocycles. The first-order chi connectivity index (χ1) is 15.4. The Morgan fingerprint density at radius 1 is 0.938 bits per heavy atom. The summed E-state index contributed by atoms with van der Waals surface area (Å²) >= 11 is 3.38. The van der Waals surface area contributed by atoms with Gasteiger partial charge in [0.15, 0.2) is 0 Å². The van der Waals surface area contributed by atoms with Crippen molar-refractivity contribution < 1.29 is 13.2 Å². The Kier molecular flexibility index (Phi) is 7.18. The van der Waals surface area contributed by atoms with E-state index >= 15 is 0 Å². The molecule has 0 bridgehead atoms. The van der Waals surface area contributed by atoms with Crippen LogP contribution in [-0.4, -0.2) is 93.6 Å². The van der Waals surface area contributed by atoms with Crippen LogP contribution < -0.4 is 14.5 Å². The van der Waals surface area contributed by atoms with Crippen molar-refractivity contribution in [2.24, 2.45) is 0 Å². The summed E-state index contributed by atoms with van der Waals surface area (Å²) in [5.74, 6) is 2.14. The van der Waals surface area contributed by atoms with Crippen LogP contribution in [0.4, 0.5) is 11.6 Å².